The summed E-state index contributed by atoms with van der Waals surface area (Å²) in [4.78, 5) is 0. The fourth-order valence-corrected chi connectivity index (χ4v) is 3.09. The highest BCUT2D eigenvalue weighted by molar-refractivity contribution is 5.44. The van der Waals surface area contributed by atoms with Crippen LogP contribution >= 0.6 is 0 Å². The molecule has 0 saturated heterocycles. The lowest BCUT2D eigenvalue weighted by atomic mass is 9.81. The van der Waals surface area contributed by atoms with Gasteiger partial charge in [-0.15, -0.1) is 0 Å². The number of hydrogen-bond acceptors (Lipinski definition) is 1. The second-order valence-electron chi connectivity index (χ2n) is 5.83. The van der Waals surface area contributed by atoms with Gasteiger partial charge in [-0.2, -0.15) is 0 Å². The van der Waals surface area contributed by atoms with Gasteiger partial charge in [0.15, 0.2) is 0 Å². The van der Waals surface area contributed by atoms with Crippen LogP contribution in [-0.4, -0.2) is 5.11 Å². The molecular formula is C21H22O. The quantitative estimate of drug-likeness (QED) is 0.803. The first kappa shape index (κ1) is 14.6. The minimum Gasteiger partial charge on any atom is -0.508 e. The molecule has 0 heterocycles. The molecular weight excluding hydrogens is 268 g/mol. The number of phenols is 1. The first-order valence-corrected chi connectivity index (χ1v) is 8.01. The summed E-state index contributed by atoms with van der Waals surface area (Å²) < 4.78 is 0. The van der Waals surface area contributed by atoms with Gasteiger partial charge in [0, 0.05) is 5.92 Å². The summed E-state index contributed by atoms with van der Waals surface area (Å²) >= 11 is 0. The van der Waals surface area contributed by atoms with E-state index in [0.29, 0.717) is 5.75 Å². The summed E-state index contributed by atoms with van der Waals surface area (Å²) in [6.07, 6.45) is 9.89. The predicted molar refractivity (Wildman–Crippen MR) is 92.2 cm³/mol. The zero-order valence-corrected chi connectivity index (χ0v) is 13.0. The van der Waals surface area contributed by atoms with Crippen molar-refractivity contribution in [2.24, 2.45) is 0 Å². The van der Waals surface area contributed by atoms with Crippen LogP contribution in [0.1, 0.15) is 42.4 Å². The van der Waals surface area contributed by atoms with E-state index in [4.69, 9.17) is 0 Å². The highest BCUT2D eigenvalue weighted by Gasteiger charge is 2.19. The van der Waals surface area contributed by atoms with Crippen molar-refractivity contribution in [2.75, 3.05) is 0 Å². The van der Waals surface area contributed by atoms with Crippen molar-refractivity contribution in [1.82, 2.24) is 0 Å². The molecule has 0 spiro atoms. The van der Waals surface area contributed by atoms with Gasteiger partial charge in [-0.25, -0.2) is 0 Å². The van der Waals surface area contributed by atoms with Crippen LogP contribution in [0.25, 0.3) is 0 Å². The van der Waals surface area contributed by atoms with E-state index in [1.54, 1.807) is 12.1 Å². The third kappa shape index (κ3) is 3.14. The van der Waals surface area contributed by atoms with Gasteiger partial charge >= 0.3 is 0 Å². The van der Waals surface area contributed by atoms with Crippen molar-refractivity contribution >= 4 is 0 Å². The molecule has 0 saturated carbocycles. The second-order valence-corrected chi connectivity index (χ2v) is 5.83. The molecule has 0 bridgehead atoms. The number of aromatic hydroxyl groups is 1. The van der Waals surface area contributed by atoms with Crippen LogP contribution in [0, 0.1) is 0 Å². The molecule has 112 valence electrons. The monoisotopic (exact) mass is 290 g/mol. The van der Waals surface area contributed by atoms with E-state index in [9.17, 15) is 5.11 Å². The fourth-order valence-electron chi connectivity index (χ4n) is 3.09. The molecule has 1 N–H and O–H groups in total. The highest BCUT2D eigenvalue weighted by atomic mass is 16.3. The van der Waals surface area contributed by atoms with Crippen molar-refractivity contribution in [3.8, 4) is 5.75 Å². The third-order valence-corrected chi connectivity index (χ3v) is 4.36. The average molecular weight is 290 g/mol. The number of phenolic OH excluding ortho intramolecular Hbond substituents is 1. The molecule has 0 radical (unpaired) electrons. The van der Waals surface area contributed by atoms with Crippen molar-refractivity contribution < 1.29 is 5.11 Å². The average Bonchev–Trinajstić information content (AvgIpc) is 2.58. The summed E-state index contributed by atoms with van der Waals surface area (Å²) in [6, 6.07) is 16.6. The Hall–Kier alpha value is -2.28. The van der Waals surface area contributed by atoms with Crippen LogP contribution in [0.4, 0.5) is 0 Å². The van der Waals surface area contributed by atoms with Gasteiger partial charge in [0.1, 0.15) is 5.75 Å². The second kappa shape index (κ2) is 6.65. The molecule has 1 atom stereocenters. The van der Waals surface area contributed by atoms with Crippen LogP contribution in [0.2, 0.25) is 0 Å². The Labute approximate surface area is 132 Å². The number of aryl methyl sites for hydroxylation is 1. The maximum atomic E-state index is 9.56. The zero-order chi connectivity index (χ0) is 15.4. The molecule has 1 heteroatoms. The number of benzene rings is 2. The molecule has 1 aliphatic carbocycles. The van der Waals surface area contributed by atoms with Crippen molar-refractivity contribution in [3.63, 3.8) is 0 Å². The first-order valence-electron chi connectivity index (χ1n) is 8.01. The Morgan fingerprint density at radius 3 is 2.14 bits per heavy atom. The van der Waals surface area contributed by atoms with Gasteiger partial charge in [-0.1, -0.05) is 67.1 Å². The van der Waals surface area contributed by atoms with Gasteiger partial charge in [0.05, 0.1) is 0 Å². The Kier molecular flexibility index (Phi) is 4.43. The largest absolute Gasteiger partial charge is 0.508 e. The highest BCUT2D eigenvalue weighted by Crippen LogP contribution is 2.36. The van der Waals surface area contributed by atoms with Crippen LogP contribution in [0.5, 0.6) is 5.75 Å². The van der Waals surface area contributed by atoms with Crippen LogP contribution in [0.3, 0.4) is 0 Å². The fraction of sp³-hybridized carbons (Fsp3) is 0.238. The van der Waals surface area contributed by atoms with E-state index in [1.807, 2.05) is 12.1 Å². The van der Waals surface area contributed by atoms with Gasteiger partial charge in [-0.05, 0) is 48.1 Å². The normalized spacial score (nSPS) is 15.4. The summed E-state index contributed by atoms with van der Waals surface area (Å²) in [5, 5.41) is 9.56. The molecule has 1 aliphatic rings. The number of rotatable bonds is 4. The van der Waals surface area contributed by atoms with Crippen molar-refractivity contribution in [1.29, 1.82) is 0 Å². The summed E-state index contributed by atoms with van der Waals surface area (Å²) in [7, 11) is 0. The van der Waals surface area contributed by atoms with E-state index >= 15 is 0 Å². The van der Waals surface area contributed by atoms with Gasteiger partial charge < -0.3 is 5.11 Å². The topological polar surface area (TPSA) is 20.2 Å². The summed E-state index contributed by atoms with van der Waals surface area (Å²) in [5.74, 6) is 0.595. The molecule has 22 heavy (non-hydrogen) atoms. The molecule has 0 aliphatic heterocycles. The third-order valence-electron chi connectivity index (χ3n) is 4.36. The summed E-state index contributed by atoms with van der Waals surface area (Å²) in [5.41, 5.74) is 5.37. The lowest BCUT2D eigenvalue weighted by Crippen LogP contribution is -2.06. The minimum atomic E-state index is 0.274. The SMILES string of the molecule is CCc1ccc(C(C2=CC=CCC2)c2ccc(O)cc2)cc1. The lowest BCUT2D eigenvalue weighted by molar-refractivity contribution is 0.475. The number of allylic oxidation sites excluding steroid dienone is 4. The molecule has 1 nitrogen and oxygen atoms in total. The van der Waals surface area contributed by atoms with Crippen LogP contribution in [0.15, 0.2) is 72.3 Å². The molecule has 0 aromatic heterocycles. The Morgan fingerprint density at radius 2 is 1.59 bits per heavy atom. The predicted octanol–water partition coefficient (Wildman–Crippen LogP) is 5.36. The maximum absolute atomic E-state index is 9.56. The number of hydrogen-bond donors (Lipinski definition) is 1. The molecule has 2 aromatic carbocycles. The maximum Gasteiger partial charge on any atom is 0.115 e. The molecule has 1 unspecified atom stereocenters. The van der Waals surface area contributed by atoms with E-state index < -0.39 is 0 Å². The molecule has 3 rings (SSSR count). The molecule has 2 aromatic rings. The van der Waals surface area contributed by atoms with E-state index in [1.165, 1.54) is 22.3 Å². The Bertz CT molecular complexity index is 675. The molecule has 0 fully saturated rings. The van der Waals surface area contributed by atoms with Gasteiger partial charge in [0.2, 0.25) is 0 Å². The Balaban J connectivity index is 2.03. The van der Waals surface area contributed by atoms with Crippen molar-refractivity contribution in [2.45, 2.75) is 32.1 Å². The van der Waals surface area contributed by atoms with Crippen LogP contribution in [-0.2, 0) is 6.42 Å². The van der Waals surface area contributed by atoms with E-state index in [2.05, 4.69) is 49.4 Å². The summed E-state index contributed by atoms with van der Waals surface area (Å²) in [6.45, 7) is 2.18. The van der Waals surface area contributed by atoms with Crippen LogP contribution < -0.4 is 0 Å². The van der Waals surface area contributed by atoms with Crippen molar-refractivity contribution in [3.05, 3.63) is 89.0 Å². The minimum absolute atomic E-state index is 0.274. The van der Waals surface area contributed by atoms with E-state index in [-0.39, 0.29) is 5.92 Å². The standard InChI is InChI=1S/C21H22O/c1-2-16-8-10-18(11-9-16)21(17-6-4-3-5-7-17)19-12-14-20(22)15-13-19/h3-4,6,8-15,21-22H,2,5,7H2,1H3. The smallest absolute Gasteiger partial charge is 0.115 e. The van der Waals surface area contributed by atoms with E-state index in [0.717, 1.165) is 19.3 Å². The van der Waals surface area contributed by atoms with Gasteiger partial charge in [0.25, 0.3) is 0 Å². The Morgan fingerprint density at radius 1 is 0.955 bits per heavy atom. The lowest BCUT2D eigenvalue weighted by Gasteiger charge is -2.23. The van der Waals surface area contributed by atoms with Gasteiger partial charge in [-0.3, -0.25) is 0 Å². The first-order chi connectivity index (χ1) is 10.8. The zero-order valence-electron chi connectivity index (χ0n) is 13.0. The molecule has 0 amide bonds.